The first-order chi connectivity index (χ1) is 8.39. The van der Waals surface area contributed by atoms with Crippen molar-refractivity contribution in [3.05, 3.63) is 0 Å². The number of piperidine rings is 1. The normalized spacial score (nSPS) is 39.6. The first-order valence-electron chi connectivity index (χ1n) is 5.72. The van der Waals surface area contributed by atoms with Gasteiger partial charge in [-0.25, -0.2) is 0 Å². The van der Waals surface area contributed by atoms with Gasteiger partial charge in [-0.1, -0.05) is 12.8 Å². The number of rotatable bonds is 2. The van der Waals surface area contributed by atoms with E-state index < -0.39 is 40.0 Å². The van der Waals surface area contributed by atoms with Gasteiger partial charge in [0.1, 0.15) is 0 Å². The maximum atomic E-state index is 11.9. The lowest BCUT2D eigenvalue weighted by atomic mass is 9.88. The van der Waals surface area contributed by atoms with Crippen molar-refractivity contribution in [2.45, 2.75) is 25.7 Å². The van der Waals surface area contributed by atoms with Crippen LogP contribution in [0.25, 0.3) is 0 Å². The molecule has 3 rings (SSSR count). The van der Waals surface area contributed by atoms with E-state index in [0.717, 1.165) is 0 Å². The largest absolute Gasteiger partial charge is 0.480 e. The van der Waals surface area contributed by atoms with Crippen molar-refractivity contribution < 1.29 is 29.4 Å². The standard InChI is InChI=1S/C11H11NO6/c13-5-10(7(15)16)9(3-1-2-4-9)11(10,8(17)18)6(14)12-5/h1-4H2,(H,15,16)(H,17,18)(H,12,13,14). The fourth-order valence-electron chi connectivity index (χ4n) is 4.41. The van der Waals surface area contributed by atoms with E-state index in [4.69, 9.17) is 0 Å². The fourth-order valence-corrected chi connectivity index (χ4v) is 4.41. The summed E-state index contributed by atoms with van der Waals surface area (Å²) in [7, 11) is 0. The van der Waals surface area contributed by atoms with Gasteiger partial charge in [-0.05, 0) is 12.8 Å². The highest BCUT2D eigenvalue weighted by Gasteiger charge is 3.03. The molecule has 2 atom stereocenters. The molecule has 2 unspecified atom stereocenters. The number of hydrogen-bond acceptors (Lipinski definition) is 4. The highest BCUT2D eigenvalue weighted by Crippen LogP contribution is 2.85. The number of carboxylic acid groups (broad SMARTS) is 2. The molecule has 2 amide bonds. The van der Waals surface area contributed by atoms with Gasteiger partial charge >= 0.3 is 11.9 Å². The van der Waals surface area contributed by atoms with Gasteiger partial charge in [0, 0.05) is 5.41 Å². The highest BCUT2D eigenvalue weighted by molar-refractivity contribution is 6.33. The Hall–Kier alpha value is -1.92. The molecule has 7 heteroatoms. The highest BCUT2D eigenvalue weighted by atomic mass is 16.4. The minimum atomic E-state index is -2.10. The number of aliphatic carboxylic acids is 2. The second-order valence-electron chi connectivity index (χ2n) is 5.18. The molecule has 3 fully saturated rings. The van der Waals surface area contributed by atoms with Crippen molar-refractivity contribution in [3.8, 4) is 0 Å². The molecule has 2 aliphatic carbocycles. The SMILES string of the molecule is O=C(O)C12C(=O)NC(=O)C1(C(=O)O)C21CCCC1. The predicted molar refractivity (Wildman–Crippen MR) is 54.2 cm³/mol. The second-order valence-corrected chi connectivity index (χ2v) is 5.18. The zero-order chi connectivity index (χ0) is 13.3. The number of imide groups is 1. The van der Waals surface area contributed by atoms with E-state index in [2.05, 4.69) is 0 Å². The summed E-state index contributed by atoms with van der Waals surface area (Å²) in [5, 5.41) is 20.6. The lowest BCUT2D eigenvalue weighted by Crippen LogP contribution is -2.40. The monoisotopic (exact) mass is 253 g/mol. The molecule has 1 spiro atoms. The van der Waals surface area contributed by atoms with Gasteiger partial charge in [0.25, 0.3) is 0 Å². The molecule has 0 aromatic carbocycles. The van der Waals surface area contributed by atoms with E-state index in [9.17, 15) is 29.4 Å². The fraction of sp³-hybridized carbons (Fsp3) is 0.636. The summed E-state index contributed by atoms with van der Waals surface area (Å²) >= 11 is 0. The van der Waals surface area contributed by atoms with Crippen molar-refractivity contribution in [2.24, 2.45) is 16.2 Å². The average molecular weight is 253 g/mol. The van der Waals surface area contributed by atoms with E-state index >= 15 is 0 Å². The summed E-state index contributed by atoms with van der Waals surface area (Å²) < 4.78 is 0. The molecule has 1 aliphatic heterocycles. The summed E-state index contributed by atoms with van der Waals surface area (Å²) in [6, 6.07) is 0. The van der Waals surface area contributed by atoms with Crippen molar-refractivity contribution in [2.75, 3.05) is 0 Å². The molecule has 3 N–H and O–H groups in total. The molecule has 18 heavy (non-hydrogen) atoms. The van der Waals surface area contributed by atoms with Crippen molar-refractivity contribution in [1.29, 1.82) is 0 Å². The van der Waals surface area contributed by atoms with Crippen LogP contribution in [0.3, 0.4) is 0 Å². The Morgan fingerprint density at radius 3 is 1.67 bits per heavy atom. The molecule has 0 aromatic rings. The number of carboxylic acids is 2. The molecule has 96 valence electrons. The van der Waals surface area contributed by atoms with Gasteiger partial charge in [0.05, 0.1) is 0 Å². The van der Waals surface area contributed by atoms with E-state index in [1.54, 1.807) is 0 Å². The molecule has 2 saturated carbocycles. The van der Waals surface area contributed by atoms with Crippen LogP contribution in [0.2, 0.25) is 0 Å². The van der Waals surface area contributed by atoms with E-state index in [0.29, 0.717) is 25.7 Å². The van der Waals surface area contributed by atoms with Crippen molar-refractivity contribution >= 4 is 23.8 Å². The number of carbonyl (C=O) groups is 4. The first-order valence-corrected chi connectivity index (χ1v) is 5.72. The lowest BCUT2D eigenvalue weighted by Gasteiger charge is -2.17. The van der Waals surface area contributed by atoms with Gasteiger partial charge in [0.2, 0.25) is 11.8 Å². The Morgan fingerprint density at radius 1 is 0.944 bits per heavy atom. The second kappa shape index (κ2) is 2.73. The van der Waals surface area contributed by atoms with Gasteiger partial charge in [0.15, 0.2) is 10.8 Å². The van der Waals surface area contributed by atoms with Gasteiger partial charge in [-0.3, -0.25) is 24.5 Å². The summed E-state index contributed by atoms with van der Waals surface area (Å²) in [6.45, 7) is 0. The van der Waals surface area contributed by atoms with Crippen LogP contribution in [0.15, 0.2) is 0 Å². The molecule has 7 nitrogen and oxygen atoms in total. The third-order valence-electron chi connectivity index (χ3n) is 4.94. The molecule has 0 radical (unpaired) electrons. The zero-order valence-electron chi connectivity index (χ0n) is 9.36. The Labute approximate surface area is 101 Å². The molecule has 3 aliphatic rings. The molecule has 1 heterocycles. The minimum Gasteiger partial charge on any atom is -0.480 e. The molecule has 1 saturated heterocycles. The predicted octanol–water partition coefficient (Wildman–Crippen LogP) is -0.641. The van der Waals surface area contributed by atoms with Crippen LogP contribution < -0.4 is 5.32 Å². The van der Waals surface area contributed by atoms with Gasteiger partial charge in [-0.2, -0.15) is 0 Å². The van der Waals surface area contributed by atoms with Crippen LogP contribution in [0.4, 0.5) is 0 Å². The average Bonchev–Trinajstić information content (AvgIpc) is 2.52. The Kier molecular flexibility index (Phi) is 1.70. The Balaban J connectivity index is 2.30. The lowest BCUT2D eigenvalue weighted by molar-refractivity contribution is -0.156. The zero-order valence-corrected chi connectivity index (χ0v) is 9.36. The molecular weight excluding hydrogens is 242 g/mol. The summed E-state index contributed by atoms with van der Waals surface area (Å²) in [5.74, 6) is -4.95. The van der Waals surface area contributed by atoms with Gasteiger partial charge < -0.3 is 10.2 Å². The molecule has 0 bridgehead atoms. The Morgan fingerprint density at radius 2 is 1.33 bits per heavy atom. The summed E-state index contributed by atoms with van der Waals surface area (Å²) in [4.78, 5) is 46.8. The molecular formula is C11H11NO6. The van der Waals surface area contributed by atoms with E-state index in [-0.39, 0.29) is 0 Å². The number of hydrogen-bond donors (Lipinski definition) is 3. The van der Waals surface area contributed by atoms with Crippen LogP contribution in [-0.4, -0.2) is 34.0 Å². The van der Waals surface area contributed by atoms with Crippen LogP contribution >= 0.6 is 0 Å². The number of nitrogens with one attached hydrogen (secondary N) is 1. The molecule has 0 aromatic heterocycles. The number of amides is 2. The maximum Gasteiger partial charge on any atom is 0.321 e. The number of carbonyl (C=O) groups excluding carboxylic acids is 2. The summed E-state index contributed by atoms with van der Waals surface area (Å²) in [6.07, 6.45) is 1.88. The van der Waals surface area contributed by atoms with E-state index in [1.807, 2.05) is 5.32 Å². The Bertz CT molecular complexity index is 480. The topological polar surface area (TPSA) is 121 Å². The third-order valence-corrected chi connectivity index (χ3v) is 4.94. The smallest absolute Gasteiger partial charge is 0.321 e. The van der Waals surface area contributed by atoms with Crippen LogP contribution in [-0.2, 0) is 19.2 Å². The van der Waals surface area contributed by atoms with E-state index in [1.165, 1.54) is 0 Å². The van der Waals surface area contributed by atoms with Crippen LogP contribution in [0.1, 0.15) is 25.7 Å². The third kappa shape index (κ3) is 0.667. The van der Waals surface area contributed by atoms with Crippen LogP contribution in [0.5, 0.6) is 0 Å². The minimum absolute atomic E-state index is 0.296. The summed E-state index contributed by atoms with van der Waals surface area (Å²) in [5.41, 5.74) is -5.42. The van der Waals surface area contributed by atoms with Crippen molar-refractivity contribution in [3.63, 3.8) is 0 Å². The number of fused-ring (bicyclic) bond motifs is 3. The first kappa shape index (κ1) is 11.2. The maximum absolute atomic E-state index is 11.9. The quantitative estimate of drug-likeness (QED) is 0.444. The van der Waals surface area contributed by atoms with Crippen LogP contribution in [0, 0.1) is 16.2 Å². The van der Waals surface area contributed by atoms with Gasteiger partial charge in [-0.15, -0.1) is 0 Å². The van der Waals surface area contributed by atoms with Crippen molar-refractivity contribution in [1.82, 2.24) is 5.32 Å².